The minimum atomic E-state index is 0.172. The summed E-state index contributed by atoms with van der Waals surface area (Å²) in [5.74, 6) is 0. The lowest BCUT2D eigenvalue weighted by molar-refractivity contribution is 0.445. The number of fused-ring (bicyclic) bond motifs is 1. The van der Waals surface area contributed by atoms with Crippen molar-refractivity contribution in [2.75, 3.05) is 6.54 Å². The molecule has 2 heteroatoms. The van der Waals surface area contributed by atoms with Gasteiger partial charge in [-0.05, 0) is 50.1 Å². The molecule has 0 aliphatic carbocycles. The largest absolute Gasteiger partial charge is 0.308 e. The smallest absolute Gasteiger partial charge is 0.0348 e. The van der Waals surface area contributed by atoms with Crippen LogP contribution in [0.25, 0.3) is 16.2 Å². The van der Waals surface area contributed by atoms with E-state index in [0.29, 0.717) is 0 Å². The van der Waals surface area contributed by atoms with Crippen molar-refractivity contribution >= 4 is 27.5 Å². The zero-order valence-corrected chi connectivity index (χ0v) is 12.4. The highest BCUT2D eigenvalue weighted by Crippen LogP contribution is 2.27. The first-order chi connectivity index (χ1) is 8.46. The normalized spacial score (nSPS) is 13.2. The maximum absolute atomic E-state index is 3.52. The lowest BCUT2D eigenvalue weighted by Gasteiger charge is -2.20. The fourth-order valence-electron chi connectivity index (χ4n) is 1.83. The molecule has 1 nitrogen and oxygen atoms in total. The molecule has 96 valence electrons. The Morgan fingerprint density at radius 3 is 2.72 bits per heavy atom. The molecule has 0 bridgehead atoms. The highest BCUT2D eigenvalue weighted by Gasteiger charge is 2.08. The quantitative estimate of drug-likeness (QED) is 0.843. The predicted octanol–water partition coefficient (Wildman–Crippen LogP) is 4.69. The van der Waals surface area contributed by atoms with E-state index in [1.807, 2.05) is 11.3 Å². The second kappa shape index (κ2) is 5.25. The summed E-state index contributed by atoms with van der Waals surface area (Å²) in [6.45, 7) is 9.71. The van der Waals surface area contributed by atoms with Crippen molar-refractivity contribution in [1.29, 1.82) is 0 Å². The van der Waals surface area contributed by atoms with Gasteiger partial charge in [-0.2, -0.15) is 0 Å². The van der Waals surface area contributed by atoms with Crippen LogP contribution in [0.4, 0.5) is 0 Å². The lowest BCUT2D eigenvalue weighted by Crippen LogP contribution is -2.36. The van der Waals surface area contributed by atoms with Crippen LogP contribution >= 0.6 is 11.3 Å². The maximum Gasteiger partial charge on any atom is 0.0348 e. The van der Waals surface area contributed by atoms with Crippen LogP contribution in [0.2, 0.25) is 0 Å². The van der Waals surface area contributed by atoms with E-state index in [1.54, 1.807) is 0 Å². The summed E-state index contributed by atoms with van der Waals surface area (Å²) < 4.78 is 1.36. The van der Waals surface area contributed by atoms with Crippen LogP contribution in [0, 0.1) is 0 Å². The average Bonchev–Trinajstić information content (AvgIpc) is 2.70. The molecule has 0 fully saturated rings. The molecule has 0 radical (unpaired) electrons. The second-order valence-corrected chi connectivity index (χ2v) is 6.69. The summed E-state index contributed by atoms with van der Waals surface area (Å²) in [6, 6.07) is 8.58. The van der Waals surface area contributed by atoms with E-state index in [-0.39, 0.29) is 5.54 Å². The molecular formula is C16H21NS. The van der Waals surface area contributed by atoms with Crippen LogP contribution in [-0.2, 0) is 0 Å². The number of thiophene rings is 1. The molecule has 1 heterocycles. The van der Waals surface area contributed by atoms with Crippen LogP contribution in [0.1, 0.15) is 33.3 Å². The number of rotatable bonds is 3. The SMILES string of the molecule is CC(=Cc1csc2ccccc12)CNC(C)(C)C. The van der Waals surface area contributed by atoms with Gasteiger partial charge in [0, 0.05) is 16.8 Å². The van der Waals surface area contributed by atoms with Crippen LogP contribution in [0.3, 0.4) is 0 Å². The van der Waals surface area contributed by atoms with Crippen LogP contribution in [-0.4, -0.2) is 12.1 Å². The fourth-order valence-corrected chi connectivity index (χ4v) is 2.75. The third-order valence-corrected chi connectivity index (χ3v) is 3.79. The molecule has 0 amide bonds. The summed E-state index contributed by atoms with van der Waals surface area (Å²) in [5, 5.41) is 7.12. The van der Waals surface area contributed by atoms with Crippen molar-refractivity contribution in [1.82, 2.24) is 5.32 Å². The number of hydrogen-bond donors (Lipinski definition) is 1. The Labute approximate surface area is 114 Å². The minimum Gasteiger partial charge on any atom is -0.308 e. The zero-order valence-electron chi connectivity index (χ0n) is 11.6. The Balaban J connectivity index is 2.17. The summed E-state index contributed by atoms with van der Waals surface area (Å²) in [7, 11) is 0. The third kappa shape index (κ3) is 3.44. The van der Waals surface area contributed by atoms with Gasteiger partial charge in [0.1, 0.15) is 0 Å². The van der Waals surface area contributed by atoms with Crippen molar-refractivity contribution in [3.05, 3.63) is 40.8 Å². The fraction of sp³-hybridized carbons (Fsp3) is 0.375. The summed E-state index contributed by atoms with van der Waals surface area (Å²) in [4.78, 5) is 0. The third-order valence-electron chi connectivity index (χ3n) is 2.81. The molecular weight excluding hydrogens is 238 g/mol. The molecule has 1 aromatic carbocycles. The highest BCUT2D eigenvalue weighted by molar-refractivity contribution is 7.17. The Hall–Kier alpha value is -1.12. The van der Waals surface area contributed by atoms with Gasteiger partial charge in [0.15, 0.2) is 0 Å². The molecule has 0 saturated heterocycles. The van der Waals surface area contributed by atoms with Gasteiger partial charge in [-0.1, -0.05) is 29.8 Å². The monoisotopic (exact) mass is 259 g/mol. The van der Waals surface area contributed by atoms with Crippen molar-refractivity contribution < 1.29 is 0 Å². The second-order valence-electron chi connectivity index (χ2n) is 5.78. The predicted molar refractivity (Wildman–Crippen MR) is 83.2 cm³/mol. The first-order valence-corrected chi connectivity index (χ1v) is 7.22. The Morgan fingerprint density at radius 2 is 2.00 bits per heavy atom. The van der Waals surface area contributed by atoms with Gasteiger partial charge in [0.2, 0.25) is 0 Å². The standard InChI is InChI=1S/C16H21NS/c1-12(10-17-16(2,3)4)9-13-11-18-15-8-6-5-7-14(13)15/h5-9,11,17H,10H2,1-4H3. The summed E-state index contributed by atoms with van der Waals surface area (Å²) in [6.07, 6.45) is 2.29. The molecule has 0 atom stereocenters. The van der Waals surface area contributed by atoms with Gasteiger partial charge in [0.25, 0.3) is 0 Å². The van der Waals surface area contributed by atoms with E-state index in [9.17, 15) is 0 Å². The molecule has 1 aromatic heterocycles. The van der Waals surface area contributed by atoms with E-state index in [2.05, 4.69) is 68.7 Å². The zero-order chi connectivity index (χ0) is 13.2. The van der Waals surface area contributed by atoms with Crippen LogP contribution in [0.5, 0.6) is 0 Å². The van der Waals surface area contributed by atoms with Crippen LogP contribution in [0.15, 0.2) is 35.2 Å². The molecule has 0 aliphatic rings. The van der Waals surface area contributed by atoms with E-state index in [4.69, 9.17) is 0 Å². The van der Waals surface area contributed by atoms with Crippen molar-refractivity contribution in [3.63, 3.8) is 0 Å². The van der Waals surface area contributed by atoms with Gasteiger partial charge < -0.3 is 5.32 Å². The first-order valence-electron chi connectivity index (χ1n) is 6.34. The molecule has 2 aromatic rings. The van der Waals surface area contributed by atoms with E-state index in [0.717, 1.165) is 6.54 Å². The molecule has 1 N–H and O–H groups in total. The Morgan fingerprint density at radius 1 is 1.28 bits per heavy atom. The van der Waals surface area contributed by atoms with Gasteiger partial charge in [0.05, 0.1) is 0 Å². The molecule has 2 rings (SSSR count). The van der Waals surface area contributed by atoms with Gasteiger partial charge >= 0.3 is 0 Å². The summed E-state index contributed by atoms with van der Waals surface area (Å²) in [5.41, 5.74) is 2.88. The van der Waals surface area contributed by atoms with Crippen molar-refractivity contribution in [2.24, 2.45) is 0 Å². The Kier molecular flexibility index (Phi) is 3.88. The van der Waals surface area contributed by atoms with Gasteiger partial charge in [-0.25, -0.2) is 0 Å². The lowest BCUT2D eigenvalue weighted by atomic mass is 10.1. The number of benzene rings is 1. The number of nitrogens with one attached hydrogen (secondary N) is 1. The molecule has 0 saturated carbocycles. The highest BCUT2D eigenvalue weighted by atomic mass is 32.1. The number of hydrogen-bond acceptors (Lipinski definition) is 2. The van der Waals surface area contributed by atoms with Gasteiger partial charge in [-0.3, -0.25) is 0 Å². The van der Waals surface area contributed by atoms with Crippen molar-refractivity contribution in [2.45, 2.75) is 33.2 Å². The van der Waals surface area contributed by atoms with E-state index >= 15 is 0 Å². The molecule has 0 spiro atoms. The molecule has 0 unspecified atom stereocenters. The maximum atomic E-state index is 3.52. The topological polar surface area (TPSA) is 12.0 Å². The van der Waals surface area contributed by atoms with Gasteiger partial charge in [-0.15, -0.1) is 11.3 Å². The average molecular weight is 259 g/mol. The molecule has 0 aliphatic heterocycles. The first kappa shape index (κ1) is 13.3. The van der Waals surface area contributed by atoms with Crippen molar-refractivity contribution in [3.8, 4) is 0 Å². The molecule has 18 heavy (non-hydrogen) atoms. The minimum absolute atomic E-state index is 0.172. The van der Waals surface area contributed by atoms with E-state index < -0.39 is 0 Å². The van der Waals surface area contributed by atoms with Crippen LogP contribution < -0.4 is 5.32 Å². The Bertz CT molecular complexity index is 558. The van der Waals surface area contributed by atoms with E-state index in [1.165, 1.54) is 21.2 Å². The summed E-state index contributed by atoms with van der Waals surface area (Å²) >= 11 is 1.81.